The third kappa shape index (κ3) is 9.28. The molecule has 0 aromatic rings. The molecule has 2 N–H and O–H groups in total. The van der Waals surface area contributed by atoms with Crippen LogP contribution in [0.3, 0.4) is 0 Å². The van der Waals surface area contributed by atoms with E-state index in [2.05, 4.69) is 4.74 Å². The van der Waals surface area contributed by atoms with Crippen molar-refractivity contribution in [1.29, 1.82) is 0 Å². The molecule has 0 bridgehead atoms. The van der Waals surface area contributed by atoms with Crippen LogP contribution in [-0.2, 0) is 14.3 Å². The van der Waals surface area contributed by atoms with Crippen LogP contribution in [0.4, 0.5) is 0 Å². The highest BCUT2D eigenvalue weighted by atomic mass is 16.5. The molecule has 0 amide bonds. The maximum absolute atomic E-state index is 12.4. The highest BCUT2D eigenvalue weighted by Gasteiger charge is 2.39. The first-order valence-electron chi connectivity index (χ1n) is 12.1. The largest absolute Gasteiger partial charge is 0.469 e. The zero-order valence-corrected chi connectivity index (χ0v) is 19.4. The van der Waals surface area contributed by atoms with E-state index < -0.39 is 11.7 Å². The van der Waals surface area contributed by atoms with Crippen molar-refractivity contribution in [3.8, 4) is 0 Å². The minimum atomic E-state index is -0.737. The van der Waals surface area contributed by atoms with Gasteiger partial charge in [-0.15, -0.1) is 0 Å². The number of carbonyl (C=O) groups excluding carboxylic acids is 2. The molecule has 0 aromatic carbocycles. The number of ketones is 1. The summed E-state index contributed by atoms with van der Waals surface area (Å²) >= 11 is 0. The predicted molar refractivity (Wildman–Crippen MR) is 122 cm³/mol. The number of aliphatic hydroxyl groups excluding tert-OH is 1. The Balaban J connectivity index is 1.77. The molecule has 0 saturated heterocycles. The molecule has 1 unspecified atom stereocenters. The highest BCUT2D eigenvalue weighted by molar-refractivity contribution is 5.84. The van der Waals surface area contributed by atoms with Crippen LogP contribution < -0.4 is 0 Å². The van der Waals surface area contributed by atoms with E-state index >= 15 is 0 Å². The summed E-state index contributed by atoms with van der Waals surface area (Å²) in [6.07, 6.45) is 18.9. The number of allylic oxidation sites excluding steroid dienone is 2. The number of ether oxygens (including phenoxy) is 1. The average Bonchev–Trinajstić information content (AvgIpc) is 3.02. The molecule has 0 spiro atoms. The van der Waals surface area contributed by atoms with Gasteiger partial charge in [0.05, 0.1) is 18.8 Å². The molecular weight excluding hydrogens is 392 g/mol. The number of hydrogen-bond acceptors (Lipinski definition) is 5. The first-order chi connectivity index (χ1) is 14.8. The summed E-state index contributed by atoms with van der Waals surface area (Å²) in [7, 11) is 1.38. The van der Waals surface area contributed by atoms with E-state index in [1.807, 2.05) is 31.2 Å². The molecule has 0 aliphatic heterocycles. The minimum Gasteiger partial charge on any atom is -0.469 e. The second-order valence-corrected chi connectivity index (χ2v) is 9.76. The van der Waals surface area contributed by atoms with Gasteiger partial charge in [-0.3, -0.25) is 9.59 Å². The lowest BCUT2D eigenvalue weighted by molar-refractivity contribution is -0.140. The summed E-state index contributed by atoms with van der Waals surface area (Å²) in [5.41, 5.74) is -0.737. The Morgan fingerprint density at radius 3 is 2.55 bits per heavy atom. The second kappa shape index (κ2) is 13.2. The summed E-state index contributed by atoms with van der Waals surface area (Å²) in [6, 6.07) is 0. The molecule has 0 aromatic heterocycles. The molecule has 2 saturated carbocycles. The van der Waals surface area contributed by atoms with Crippen molar-refractivity contribution in [2.24, 2.45) is 17.8 Å². The van der Waals surface area contributed by atoms with Crippen LogP contribution in [0.2, 0.25) is 0 Å². The predicted octanol–water partition coefficient (Wildman–Crippen LogP) is 4.90. The van der Waals surface area contributed by atoms with Gasteiger partial charge in [-0.25, -0.2) is 0 Å². The Morgan fingerprint density at radius 1 is 1.13 bits per heavy atom. The fraction of sp³-hybridized carbons (Fsp3) is 0.769. The molecule has 2 aliphatic rings. The lowest BCUT2D eigenvalue weighted by Gasteiger charge is -2.27. The van der Waals surface area contributed by atoms with Gasteiger partial charge < -0.3 is 14.9 Å². The molecule has 176 valence electrons. The summed E-state index contributed by atoms with van der Waals surface area (Å²) < 4.78 is 4.61. The molecule has 2 aliphatic carbocycles. The number of rotatable bonds is 12. The van der Waals surface area contributed by atoms with E-state index in [1.165, 1.54) is 39.2 Å². The van der Waals surface area contributed by atoms with E-state index in [0.717, 1.165) is 25.2 Å². The Labute approximate surface area is 187 Å². The van der Waals surface area contributed by atoms with Crippen molar-refractivity contribution < 1.29 is 24.5 Å². The Kier molecular flexibility index (Phi) is 11.0. The van der Waals surface area contributed by atoms with Crippen LogP contribution in [0.5, 0.6) is 0 Å². The van der Waals surface area contributed by atoms with Crippen LogP contribution in [0.15, 0.2) is 24.3 Å². The van der Waals surface area contributed by atoms with Gasteiger partial charge in [0.15, 0.2) is 0 Å². The van der Waals surface area contributed by atoms with Gasteiger partial charge in [0, 0.05) is 24.7 Å². The maximum Gasteiger partial charge on any atom is 0.305 e. The fourth-order valence-electron chi connectivity index (χ4n) is 4.98. The summed E-state index contributed by atoms with van der Waals surface area (Å²) in [5, 5.41) is 21.1. The number of carbonyl (C=O) groups is 2. The van der Waals surface area contributed by atoms with Crippen LogP contribution in [0.25, 0.3) is 0 Å². The van der Waals surface area contributed by atoms with Crippen LogP contribution >= 0.6 is 0 Å². The SMILES string of the molecule is COC(=O)CC/C=C\CC[C@H]1C(=O)C[C@@H](O)[C@@H]1/C=C/CC(C)(O)CCC1CCCCC1. The fourth-order valence-corrected chi connectivity index (χ4v) is 4.98. The zero-order valence-electron chi connectivity index (χ0n) is 19.4. The third-order valence-corrected chi connectivity index (χ3v) is 7.02. The van der Waals surface area contributed by atoms with Gasteiger partial charge in [0.25, 0.3) is 0 Å². The monoisotopic (exact) mass is 434 g/mol. The quantitative estimate of drug-likeness (QED) is 0.337. The number of esters is 1. The van der Waals surface area contributed by atoms with E-state index in [0.29, 0.717) is 25.7 Å². The summed E-state index contributed by atoms with van der Waals surface area (Å²) in [5.74, 6) is 0.296. The number of aliphatic hydroxyl groups is 2. The van der Waals surface area contributed by atoms with Crippen molar-refractivity contribution in [1.82, 2.24) is 0 Å². The Morgan fingerprint density at radius 2 is 1.84 bits per heavy atom. The van der Waals surface area contributed by atoms with Gasteiger partial charge in [0.2, 0.25) is 0 Å². The van der Waals surface area contributed by atoms with Crippen molar-refractivity contribution in [2.45, 2.75) is 102 Å². The number of Topliss-reactive ketones (excluding diaryl/α,β-unsaturated/α-hetero) is 1. The zero-order chi connectivity index (χ0) is 22.7. The number of methoxy groups -OCH3 is 1. The molecule has 2 rings (SSSR count). The van der Waals surface area contributed by atoms with E-state index in [-0.39, 0.29) is 30.0 Å². The Bertz CT molecular complexity index is 615. The van der Waals surface area contributed by atoms with Crippen LogP contribution in [0.1, 0.15) is 90.4 Å². The standard InChI is InChI=1S/C26H42O5/c1-26(30,18-16-20-11-6-5-7-12-20)17-10-14-22-21(23(27)19-24(22)28)13-8-3-4-9-15-25(29)31-2/h3-4,10,14,20-22,24,28,30H,5-9,11-13,15-19H2,1-2H3/b4-3-,14-10+/t21-,22-,24-,26?/m1/s1. The van der Waals surface area contributed by atoms with E-state index in [9.17, 15) is 19.8 Å². The molecule has 0 radical (unpaired) electrons. The molecule has 2 fully saturated rings. The van der Waals surface area contributed by atoms with Crippen LogP contribution in [0, 0.1) is 17.8 Å². The maximum atomic E-state index is 12.4. The van der Waals surface area contributed by atoms with Gasteiger partial charge in [-0.2, -0.15) is 0 Å². The summed E-state index contributed by atoms with van der Waals surface area (Å²) in [6.45, 7) is 1.90. The lowest BCUT2D eigenvalue weighted by atomic mass is 9.82. The average molecular weight is 435 g/mol. The van der Waals surface area contributed by atoms with Crippen molar-refractivity contribution >= 4 is 11.8 Å². The third-order valence-electron chi connectivity index (χ3n) is 7.02. The molecule has 5 nitrogen and oxygen atoms in total. The molecule has 4 atom stereocenters. The minimum absolute atomic E-state index is 0.120. The molecule has 31 heavy (non-hydrogen) atoms. The molecular formula is C26H42O5. The van der Waals surface area contributed by atoms with Gasteiger partial charge >= 0.3 is 5.97 Å². The number of hydrogen-bond donors (Lipinski definition) is 2. The second-order valence-electron chi connectivity index (χ2n) is 9.76. The van der Waals surface area contributed by atoms with Crippen molar-refractivity contribution in [2.75, 3.05) is 7.11 Å². The van der Waals surface area contributed by atoms with Gasteiger partial charge in [-0.1, -0.05) is 56.4 Å². The lowest BCUT2D eigenvalue weighted by Crippen LogP contribution is -2.25. The van der Waals surface area contributed by atoms with Gasteiger partial charge in [-0.05, 0) is 51.4 Å². The normalized spacial score (nSPS) is 27.2. The molecule has 0 heterocycles. The van der Waals surface area contributed by atoms with E-state index in [1.54, 1.807) is 0 Å². The smallest absolute Gasteiger partial charge is 0.305 e. The topological polar surface area (TPSA) is 83.8 Å². The van der Waals surface area contributed by atoms with Crippen LogP contribution in [-0.4, -0.2) is 40.8 Å². The summed E-state index contributed by atoms with van der Waals surface area (Å²) in [4.78, 5) is 23.5. The highest BCUT2D eigenvalue weighted by Crippen LogP contribution is 2.35. The first kappa shape index (κ1) is 25.8. The van der Waals surface area contributed by atoms with Crippen molar-refractivity contribution in [3.63, 3.8) is 0 Å². The van der Waals surface area contributed by atoms with E-state index in [4.69, 9.17) is 0 Å². The first-order valence-corrected chi connectivity index (χ1v) is 12.1. The van der Waals surface area contributed by atoms with Crippen molar-refractivity contribution in [3.05, 3.63) is 24.3 Å². The molecule has 5 heteroatoms. The van der Waals surface area contributed by atoms with Gasteiger partial charge in [0.1, 0.15) is 5.78 Å². The Hall–Kier alpha value is -1.46.